The summed E-state index contributed by atoms with van der Waals surface area (Å²) in [5, 5.41) is 13.7. The Morgan fingerprint density at radius 2 is 1.69 bits per heavy atom. The van der Waals surface area contributed by atoms with Crippen LogP contribution in [0.5, 0.6) is 5.75 Å². The highest BCUT2D eigenvalue weighted by Crippen LogP contribution is 2.36. The molecule has 2 N–H and O–H groups in total. The summed E-state index contributed by atoms with van der Waals surface area (Å²) >= 11 is 0. The SMILES string of the molecule is CC(O)(Nc1cc(OC(F)F)ccn1)c1ccc(B2OC(C)(C)C(C)(C)O2)cc1. The monoisotopic (exact) mass is 406 g/mol. The lowest BCUT2D eigenvalue weighted by Gasteiger charge is -2.32. The van der Waals surface area contributed by atoms with Crippen LogP contribution >= 0.6 is 0 Å². The van der Waals surface area contributed by atoms with E-state index in [0.29, 0.717) is 5.56 Å². The molecular weight excluding hydrogens is 381 g/mol. The number of ether oxygens (including phenoxy) is 1. The van der Waals surface area contributed by atoms with Crippen LogP contribution in [0.2, 0.25) is 0 Å². The molecule has 1 fully saturated rings. The standard InChI is InChI=1S/C20H25BF2N2O4/c1-18(2)19(3,4)29-21(28-18)14-8-6-13(7-9-14)20(5,26)25-16-12-15(10-11-24-16)27-17(22)23/h6-12,17,26H,1-5H3,(H,24,25). The first-order valence-electron chi connectivity index (χ1n) is 9.27. The third-order valence-electron chi connectivity index (χ3n) is 5.33. The van der Waals surface area contributed by atoms with E-state index in [1.165, 1.54) is 18.3 Å². The lowest BCUT2D eigenvalue weighted by atomic mass is 9.78. The Morgan fingerprint density at radius 3 is 2.24 bits per heavy atom. The van der Waals surface area contributed by atoms with Crippen LogP contribution in [0.15, 0.2) is 42.6 Å². The van der Waals surface area contributed by atoms with Gasteiger partial charge in [-0.1, -0.05) is 24.3 Å². The van der Waals surface area contributed by atoms with Crippen LogP contribution in [0.1, 0.15) is 40.2 Å². The van der Waals surface area contributed by atoms with E-state index in [1.54, 1.807) is 19.1 Å². The molecule has 156 valence electrons. The molecule has 9 heteroatoms. The van der Waals surface area contributed by atoms with Gasteiger partial charge in [-0.25, -0.2) is 4.98 Å². The fourth-order valence-corrected chi connectivity index (χ4v) is 2.92. The summed E-state index contributed by atoms with van der Waals surface area (Å²) in [5.41, 5.74) is -1.00. The fraction of sp³-hybridized carbons (Fsp3) is 0.450. The van der Waals surface area contributed by atoms with Gasteiger partial charge < -0.3 is 24.5 Å². The zero-order chi connectivity index (χ0) is 21.4. The van der Waals surface area contributed by atoms with Gasteiger partial charge >= 0.3 is 13.7 Å². The second-order valence-corrected chi connectivity index (χ2v) is 8.16. The first-order chi connectivity index (χ1) is 13.4. The number of pyridine rings is 1. The van der Waals surface area contributed by atoms with Crippen LogP contribution in [0.4, 0.5) is 14.6 Å². The van der Waals surface area contributed by atoms with Crippen molar-refractivity contribution in [3.63, 3.8) is 0 Å². The lowest BCUT2D eigenvalue weighted by Crippen LogP contribution is -2.41. The van der Waals surface area contributed by atoms with Gasteiger partial charge in [0.1, 0.15) is 11.6 Å². The first-order valence-corrected chi connectivity index (χ1v) is 9.27. The summed E-state index contributed by atoms with van der Waals surface area (Å²) < 4.78 is 41.2. The number of nitrogens with zero attached hydrogens (tertiary/aromatic N) is 1. The molecule has 0 radical (unpaired) electrons. The number of nitrogens with one attached hydrogen (secondary N) is 1. The Hall–Kier alpha value is -2.23. The van der Waals surface area contributed by atoms with Crippen molar-refractivity contribution in [2.24, 2.45) is 0 Å². The maximum atomic E-state index is 12.4. The molecule has 1 aliphatic heterocycles. The summed E-state index contributed by atoms with van der Waals surface area (Å²) in [6.45, 7) is 6.53. The highest BCUT2D eigenvalue weighted by atomic mass is 19.3. The molecule has 2 heterocycles. The van der Waals surface area contributed by atoms with Crippen LogP contribution in [-0.2, 0) is 15.0 Å². The molecule has 0 aliphatic carbocycles. The maximum absolute atomic E-state index is 12.4. The smallest absolute Gasteiger partial charge is 0.435 e. The molecule has 1 saturated heterocycles. The minimum Gasteiger partial charge on any atom is -0.435 e. The molecule has 3 rings (SSSR count). The molecule has 6 nitrogen and oxygen atoms in total. The molecule has 1 aromatic carbocycles. The third kappa shape index (κ3) is 4.68. The minimum absolute atomic E-state index is 0.0515. The Labute approximate surface area is 169 Å². The van der Waals surface area contributed by atoms with Crippen molar-refractivity contribution in [2.45, 2.75) is 58.2 Å². The van der Waals surface area contributed by atoms with Gasteiger partial charge in [-0.3, -0.25) is 0 Å². The fourth-order valence-electron chi connectivity index (χ4n) is 2.92. The molecule has 1 aromatic heterocycles. The van der Waals surface area contributed by atoms with Crippen molar-refractivity contribution < 1.29 is 27.9 Å². The largest absolute Gasteiger partial charge is 0.494 e. The van der Waals surface area contributed by atoms with Gasteiger partial charge in [-0.2, -0.15) is 8.78 Å². The summed E-state index contributed by atoms with van der Waals surface area (Å²) in [6, 6.07) is 9.72. The van der Waals surface area contributed by atoms with Crippen molar-refractivity contribution in [1.29, 1.82) is 0 Å². The third-order valence-corrected chi connectivity index (χ3v) is 5.33. The number of rotatable bonds is 6. The predicted molar refractivity (Wildman–Crippen MR) is 106 cm³/mol. The second-order valence-electron chi connectivity index (χ2n) is 8.16. The Morgan fingerprint density at radius 1 is 1.10 bits per heavy atom. The van der Waals surface area contributed by atoms with Crippen molar-refractivity contribution >= 4 is 18.4 Å². The van der Waals surface area contributed by atoms with Crippen molar-refractivity contribution in [2.75, 3.05) is 5.32 Å². The van der Waals surface area contributed by atoms with E-state index in [0.717, 1.165) is 5.46 Å². The van der Waals surface area contributed by atoms with Gasteiger partial charge in [0.25, 0.3) is 0 Å². The summed E-state index contributed by atoms with van der Waals surface area (Å²) in [6.07, 6.45) is 1.32. The molecule has 0 bridgehead atoms. The number of hydrogen-bond donors (Lipinski definition) is 2. The van der Waals surface area contributed by atoms with Crippen LogP contribution in [0, 0.1) is 0 Å². The first kappa shape index (κ1) is 21.5. The molecule has 0 saturated carbocycles. The highest BCUT2D eigenvalue weighted by Gasteiger charge is 2.51. The van der Waals surface area contributed by atoms with Crippen LogP contribution in [-0.4, -0.2) is 35.0 Å². The quantitative estimate of drug-likeness (QED) is 0.567. The molecule has 1 atom stereocenters. The normalized spacial score (nSPS) is 19.8. The summed E-state index contributed by atoms with van der Waals surface area (Å²) in [4.78, 5) is 4.03. The van der Waals surface area contributed by atoms with Gasteiger partial charge in [-0.05, 0) is 46.1 Å². The summed E-state index contributed by atoms with van der Waals surface area (Å²) in [7, 11) is -0.503. The number of hydrogen-bond acceptors (Lipinski definition) is 6. The van der Waals surface area contributed by atoms with Crippen molar-refractivity contribution in [3.05, 3.63) is 48.2 Å². The van der Waals surface area contributed by atoms with E-state index >= 15 is 0 Å². The van der Waals surface area contributed by atoms with Gasteiger partial charge in [0.2, 0.25) is 0 Å². The Kier molecular flexibility index (Phi) is 5.59. The number of halogens is 2. The molecule has 2 aromatic rings. The van der Waals surface area contributed by atoms with Crippen LogP contribution < -0.4 is 15.5 Å². The van der Waals surface area contributed by atoms with Gasteiger partial charge in [0.15, 0.2) is 5.72 Å². The minimum atomic E-state index is -2.94. The van der Waals surface area contributed by atoms with E-state index in [9.17, 15) is 13.9 Å². The molecule has 0 spiro atoms. The Balaban J connectivity index is 1.74. The van der Waals surface area contributed by atoms with E-state index < -0.39 is 30.7 Å². The van der Waals surface area contributed by atoms with E-state index in [-0.39, 0.29) is 11.6 Å². The van der Waals surface area contributed by atoms with E-state index in [2.05, 4.69) is 15.0 Å². The topological polar surface area (TPSA) is 72.8 Å². The molecule has 1 aliphatic rings. The van der Waals surface area contributed by atoms with Gasteiger partial charge in [-0.15, -0.1) is 0 Å². The average molecular weight is 406 g/mol. The van der Waals surface area contributed by atoms with Crippen molar-refractivity contribution in [3.8, 4) is 5.75 Å². The van der Waals surface area contributed by atoms with Crippen molar-refractivity contribution in [1.82, 2.24) is 4.98 Å². The summed E-state index contributed by atoms with van der Waals surface area (Å²) in [5.74, 6) is 0.146. The van der Waals surface area contributed by atoms with E-state index in [1.807, 2.05) is 39.8 Å². The van der Waals surface area contributed by atoms with Crippen LogP contribution in [0.25, 0.3) is 0 Å². The number of aromatic nitrogens is 1. The molecular formula is C20H25BF2N2O4. The molecule has 29 heavy (non-hydrogen) atoms. The average Bonchev–Trinajstić information content (AvgIpc) is 2.82. The number of anilines is 1. The highest BCUT2D eigenvalue weighted by molar-refractivity contribution is 6.62. The van der Waals surface area contributed by atoms with Crippen LogP contribution in [0.3, 0.4) is 0 Å². The van der Waals surface area contributed by atoms with Gasteiger partial charge in [0, 0.05) is 17.8 Å². The molecule has 1 unspecified atom stereocenters. The lowest BCUT2D eigenvalue weighted by molar-refractivity contribution is -0.0498. The number of aliphatic hydroxyl groups is 1. The Bertz CT molecular complexity index is 844. The number of benzene rings is 1. The number of alkyl halides is 2. The predicted octanol–water partition coefficient (Wildman–Crippen LogP) is 3.26. The zero-order valence-electron chi connectivity index (χ0n) is 17.1. The maximum Gasteiger partial charge on any atom is 0.494 e. The van der Waals surface area contributed by atoms with E-state index in [4.69, 9.17) is 9.31 Å². The second kappa shape index (κ2) is 7.55. The zero-order valence-corrected chi connectivity index (χ0v) is 17.1. The van der Waals surface area contributed by atoms with Gasteiger partial charge in [0.05, 0.1) is 11.2 Å². The molecule has 0 amide bonds.